The molecule has 0 radical (unpaired) electrons. The van der Waals surface area contributed by atoms with Crippen molar-refractivity contribution in [2.45, 2.75) is 25.6 Å². The Morgan fingerprint density at radius 3 is 2.68 bits per heavy atom. The number of methoxy groups -OCH3 is 1. The third kappa shape index (κ3) is 2.95. The second kappa shape index (κ2) is 6.15. The van der Waals surface area contributed by atoms with E-state index in [0.717, 1.165) is 45.7 Å². The predicted molar refractivity (Wildman–Crippen MR) is 80.8 cm³/mol. The summed E-state index contributed by atoms with van der Waals surface area (Å²) in [5.74, 6) is 1.66. The molecule has 0 amide bonds. The van der Waals surface area contributed by atoms with Crippen LogP contribution in [-0.2, 0) is 11.8 Å². The topological polar surface area (TPSA) is 35.0 Å². The third-order valence-electron chi connectivity index (χ3n) is 3.09. The molecule has 4 heteroatoms. The summed E-state index contributed by atoms with van der Waals surface area (Å²) in [7, 11) is 1.68. The van der Waals surface area contributed by atoms with Gasteiger partial charge in [0, 0.05) is 28.3 Å². The number of aromatic nitrogens is 2. The van der Waals surface area contributed by atoms with Gasteiger partial charge in [-0.25, -0.2) is 9.97 Å². The summed E-state index contributed by atoms with van der Waals surface area (Å²) in [6.45, 7) is 4.13. The number of hydrogen-bond acceptors (Lipinski definition) is 3. The maximum absolute atomic E-state index is 5.27. The first-order chi connectivity index (χ1) is 9.19. The lowest BCUT2D eigenvalue weighted by atomic mass is 10.1. The van der Waals surface area contributed by atoms with E-state index in [2.05, 4.69) is 38.9 Å². The van der Waals surface area contributed by atoms with Crippen LogP contribution >= 0.6 is 15.9 Å². The lowest BCUT2D eigenvalue weighted by Crippen LogP contribution is -1.99. The van der Waals surface area contributed by atoms with Crippen molar-refractivity contribution in [3.63, 3.8) is 0 Å². The van der Waals surface area contributed by atoms with Crippen molar-refractivity contribution in [3.8, 4) is 17.1 Å². The Morgan fingerprint density at radius 1 is 1.32 bits per heavy atom. The molecule has 3 nitrogen and oxygen atoms in total. The molecule has 0 bridgehead atoms. The zero-order valence-electron chi connectivity index (χ0n) is 11.4. The standard InChI is InChI=1S/C15H17BrN2O/c1-4-13-12(8-16)9-17-15(18-13)11-5-6-14(19-3)10(2)7-11/h5-7,9H,4,8H2,1-3H3. The molecular formula is C15H17BrN2O. The smallest absolute Gasteiger partial charge is 0.159 e. The van der Waals surface area contributed by atoms with Crippen LogP contribution < -0.4 is 4.74 Å². The van der Waals surface area contributed by atoms with Crippen molar-refractivity contribution in [2.24, 2.45) is 0 Å². The molecule has 0 N–H and O–H groups in total. The molecule has 0 aliphatic carbocycles. The van der Waals surface area contributed by atoms with Crippen LogP contribution in [0.25, 0.3) is 11.4 Å². The number of rotatable bonds is 4. The predicted octanol–water partition coefficient (Wildman–Crippen LogP) is 3.92. The summed E-state index contributed by atoms with van der Waals surface area (Å²) in [6.07, 6.45) is 2.81. The first kappa shape index (κ1) is 14.0. The van der Waals surface area contributed by atoms with Crippen molar-refractivity contribution in [1.82, 2.24) is 9.97 Å². The third-order valence-corrected chi connectivity index (χ3v) is 3.69. The largest absolute Gasteiger partial charge is 0.496 e. The summed E-state index contributed by atoms with van der Waals surface area (Å²) in [5.41, 5.74) is 4.35. The Kier molecular flexibility index (Phi) is 4.53. The van der Waals surface area contributed by atoms with Gasteiger partial charge in [0.2, 0.25) is 0 Å². The van der Waals surface area contributed by atoms with Crippen LogP contribution in [0.1, 0.15) is 23.7 Å². The van der Waals surface area contributed by atoms with Crippen LogP contribution in [0.2, 0.25) is 0 Å². The van der Waals surface area contributed by atoms with E-state index in [1.54, 1.807) is 7.11 Å². The number of aryl methyl sites for hydroxylation is 2. The summed E-state index contributed by atoms with van der Waals surface area (Å²) >= 11 is 3.46. The van der Waals surface area contributed by atoms with Crippen LogP contribution in [0.5, 0.6) is 5.75 Å². The molecule has 1 aromatic carbocycles. The van der Waals surface area contributed by atoms with E-state index in [4.69, 9.17) is 4.74 Å². The van der Waals surface area contributed by atoms with Crippen molar-refractivity contribution in [2.75, 3.05) is 7.11 Å². The quantitative estimate of drug-likeness (QED) is 0.801. The summed E-state index contributed by atoms with van der Waals surface area (Å²) in [4.78, 5) is 9.09. The first-order valence-corrected chi connectivity index (χ1v) is 7.37. The summed E-state index contributed by atoms with van der Waals surface area (Å²) < 4.78 is 5.27. The summed E-state index contributed by atoms with van der Waals surface area (Å²) in [6, 6.07) is 6.01. The minimum atomic E-state index is 0.771. The van der Waals surface area contributed by atoms with E-state index in [0.29, 0.717) is 0 Å². The number of hydrogen-bond donors (Lipinski definition) is 0. The molecule has 0 saturated heterocycles. The van der Waals surface area contributed by atoms with Crippen molar-refractivity contribution >= 4 is 15.9 Å². The van der Waals surface area contributed by atoms with Gasteiger partial charge in [-0.1, -0.05) is 22.9 Å². The van der Waals surface area contributed by atoms with Gasteiger partial charge in [-0.2, -0.15) is 0 Å². The SMILES string of the molecule is CCc1nc(-c2ccc(OC)c(C)c2)ncc1CBr. The van der Waals surface area contributed by atoms with Gasteiger partial charge >= 0.3 is 0 Å². The molecule has 100 valence electrons. The molecule has 19 heavy (non-hydrogen) atoms. The molecule has 0 spiro atoms. The molecular weight excluding hydrogens is 304 g/mol. The van der Waals surface area contributed by atoms with Crippen molar-refractivity contribution < 1.29 is 4.74 Å². The molecule has 1 aromatic heterocycles. The lowest BCUT2D eigenvalue weighted by molar-refractivity contribution is 0.412. The highest BCUT2D eigenvalue weighted by atomic mass is 79.9. The number of nitrogens with zero attached hydrogens (tertiary/aromatic N) is 2. The van der Waals surface area contributed by atoms with Gasteiger partial charge < -0.3 is 4.74 Å². The Morgan fingerprint density at radius 2 is 2.11 bits per heavy atom. The van der Waals surface area contributed by atoms with Gasteiger partial charge in [0.1, 0.15) is 5.75 Å². The van der Waals surface area contributed by atoms with Crippen molar-refractivity contribution in [3.05, 3.63) is 41.2 Å². The molecule has 0 unspecified atom stereocenters. The number of halogens is 1. The number of alkyl halides is 1. The second-order valence-corrected chi connectivity index (χ2v) is 4.90. The van der Waals surface area contributed by atoms with Gasteiger partial charge in [0.15, 0.2) is 5.82 Å². The average molecular weight is 321 g/mol. The Bertz CT molecular complexity index is 584. The Hall–Kier alpha value is -1.42. The van der Waals surface area contributed by atoms with Crippen LogP contribution in [0.4, 0.5) is 0 Å². The monoisotopic (exact) mass is 320 g/mol. The Balaban J connectivity index is 2.44. The fraction of sp³-hybridized carbons (Fsp3) is 0.333. The molecule has 0 atom stereocenters. The van der Waals surface area contributed by atoms with E-state index in [1.807, 2.05) is 25.3 Å². The fourth-order valence-corrected chi connectivity index (χ4v) is 2.48. The van der Waals surface area contributed by atoms with Crippen molar-refractivity contribution in [1.29, 1.82) is 0 Å². The summed E-state index contributed by atoms with van der Waals surface area (Å²) in [5, 5.41) is 0.790. The van der Waals surface area contributed by atoms with Gasteiger partial charge in [-0.05, 0) is 37.1 Å². The highest BCUT2D eigenvalue weighted by molar-refractivity contribution is 9.08. The number of ether oxygens (including phenoxy) is 1. The van der Waals surface area contributed by atoms with E-state index < -0.39 is 0 Å². The van der Waals surface area contributed by atoms with Crippen LogP contribution in [-0.4, -0.2) is 17.1 Å². The van der Waals surface area contributed by atoms with Crippen LogP contribution in [0.3, 0.4) is 0 Å². The van der Waals surface area contributed by atoms with E-state index >= 15 is 0 Å². The molecule has 0 saturated carbocycles. The second-order valence-electron chi connectivity index (χ2n) is 4.34. The fourth-order valence-electron chi connectivity index (χ4n) is 2.02. The van der Waals surface area contributed by atoms with Gasteiger partial charge in [0.25, 0.3) is 0 Å². The van der Waals surface area contributed by atoms with Crippen LogP contribution in [0, 0.1) is 6.92 Å². The lowest BCUT2D eigenvalue weighted by Gasteiger charge is -2.09. The highest BCUT2D eigenvalue weighted by Gasteiger charge is 2.08. The average Bonchev–Trinajstić information content (AvgIpc) is 2.46. The first-order valence-electron chi connectivity index (χ1n) is 6.25. The molecule has 2 rings (SSSR count). The van der Waals surface area contributed by atoms with E-state index in [-0.39, 0.29) is 0 Å². The van der Waals surface area contributed by atoms with Gasteiger partial charge in [-0.3, -0.25) is 0 Å². The maximum atomic E-state index is 5.27. The molecule has 0 aliphatic heterocycles. The minimum Gasteiger partial charge on any atom is -0.496 e. The van der Waals surface area contributed by atoms with Gasteiger partial charge in [-0.15, -0.1) is 0 Å². The van der Waals surface area contributed by atoms with E-state index in [1.165, 1.54) is 0 Å². The highest BCUT2D eigenvalue weighted by Crippen LogP contribution is 2.24. The van der Waals surface area contributed by atoms with Crippen LogP contribution in [0.15, 0.2) is 24.4 Å². The molecule has 0 aliphatic rings. The maximum Gasteiger partial charge on any atom is 0.159 e. The molecule has 2 aromatic rings. The van der Waals surface area contributed by atoms with E-state index in [9.17, 15) is 0 Å². The van der Waals surface area contributed by atoms with Gasteiger partial charge in [0.05, 0.1) is 7.11 Å². The zero-order chi connectivity index (χ0) is 13.8. The Labute approximate surface area is 122 Å². The minimum absolute atomic E-state index is 0.771. The zero-order valence-corrected chi connectivity index (χ0v) is 13.0. The normalized spacial score (nSPS) is 10.5. The molecule has 0 fully saturated rings. The number of benzene rings is 1. The molecule has 1 heterocycles.